The van der Waals surface area contributed by atoms with Gasteiger partial charge in [0.15, 0.2) is 17.5 Å². The highest BCUT2D eigenvalue weighted by Crippen LogP contribution is 2.44. The van der Waals surface area contributed by atoms with Crippen LogP contribution in [-0.2, 0) is 0 Å². The van der Waals surface area contributed by atoms with Gasteiger partial charge < -0.3 is 0 Å². The minimum atomic E-state index is 0.622. The summed E-state index contributed by atoms with van der Waals surface area (Å²) in [6.45, 7) is 4.37. The van der Waals surface area contributed by atoms with Crippen molar-refractivity contribution in [3.63, 3.8) is 0 Å². The Balaban J connectivity index is 1.21. The second-order valence-corrected chi connectivity index (χ2v) is 14.8. The third-order valence-corrected chi connectivity index (χ3v) is 11.6. The smallest absolute Gasteiger partial charge is 0.164 e. The van der Waals surface area contributed by atoms with Gasteiger partial charge in [-0.3, -0.25) is 0 Å². The molecule has 0 aliphatic heterocycles. The van der Waals surface area contributed by atoms with Crippen molar-refractivity contribution in [3.05, 3.63) is 205 Å². The summed E-state index contributed by atoms with van der Waals surface area (Å²) in [5, 5.41) is 5.80. The first-order valence-corrected chi connectivity index (χ1v) is 19.6. The zero-order valence-corrected chi connectivity index (χ0v) is 31.2. The normalized spacial score (nSPS) is 14.1. The lowest BCUT2D eigenvalue weighted by molar-refractivity contribution is 1.07. The monoisotopic (exact) mass is 734 g/mol. The molecule has 0 N–H and O–H groups in total. The summed E-state index contributed by atoms with van der Waals surface area (Å²) in [6, 6.07) is 52.5. The Morgan fingerprint density at radius 2 is 1.21 bits per heavy atom. The standard InChI is InChI=1S/C51H34N4S/c1-2-38(41-27-13-12-26-39(41)33-18-6-3-7-19-33)47-46-42-28-14-15-31-44(42)56-48(46)45-40(29-17-30-43(45)52-47)36-24-16-25-37(32-36)51-54-49(34-20-8-4-9-21-34)53-50(55-51)35-22-10-5-11-23-35/h2-18,20-32H,1,19H2/b39-33-,41-38+. The lowest BCUT2D eigenvalue weighted by Gasteiger charge is -2.14. The highest BCUT2D eigenvalue weighted by Gasteiger charge is 2.20. The number of aromatic nitrogens is 4. The van der Waals surface area contributed by atoms with Gasteiger partial charge in [-0.2, -0.15) is 0 Å². The number of fused-ring (bicyclic) bond motifs is 5. The van der Waals surface area contributed by atoms with Gasteiger partial charge in [-0.05, 0) is 51.8 Å². The first-order valence-electron chi connectivity index (χ1n) is 18.7. The Labute approximate surface area is 328 Å². The minimum Gasteiger partial charge on any atom is -0.247 e. The fourth-order valence-corrected chi connectivity index (χ4v) is 9.02. The number of hydrogen-bond donors (Lipinski definition) is 0. The quantitative estimate of drug-likeness (QED) is 0.171. The molecule has 0 bridgehead atoms. The maximum atomic E-state index is 5.54. The first kappa shape index (κ1) is 33.5. The van der Waals surface area contributed by atoms with E-state index in [0.29, 0.717) is 17.5 Å². The molecule has 6 aromatic carbocycles. The van der Waals surface area contributed by atoms with E-state index in [-0.39, 0.29) is 0 Å². The van der Waals surface area contributed by atoms with Gasteiger partial charge in [0, 0.05) is 47.8 Å². The van der Waals surface area contributed by atoms with Crippen LogP contribution in [0.3, 0.4) is 0 Å². The molecule has 4 nitrogen and oxygen atoms in total. The van der Waals surface area contributed by atoms with Crippen LogP contribution in [-0.4, -0.2) is 19.9 Å². The van der Waals surface area contributed by atoms with E-state index in [0.717, 1.165) is 67.0 Å². The molecule has 5 heteroatoms. The van der Waals surface area contributed by atoms with Gasteiger partial charge in [-0.1, -0.05) is 170 Å². The summed E-state index contributed by atoms with van der Waals surface area (Å²) in [5.74, 6) is 1.90. The summed E-state index contributed by atoms with van der Waals surface area (Å²) in [7, 11) is 0. The molecule has 10 rings (SSSR count). The zero-order valence-electron chi connectivity index (χ0n) is 30.4. The molecule has 0 radical (unpaired) electrons. The molecule has 0 amide bonds. The first-order chi connectivity index (χ1) is 27.7. The van der Waals surface area contributed by atoms with E-state index in [4.69, 9.17) is 19.9 Å². The average Bonchev–Trinajstić information content (AvgIpc) is 3.67. The van der Waals surface area contributed by atoms with Crippen molar-refractivity contribution >= 4 is 53.6 Å². The molecule has 3 heterocycles. The van der Waals surface area contributed by atoms with E-state index in [2.05, 4.69) is 122 Å². The number of rotatable bonds is 6. The maximum Gasteiger partial charge on any atom is 0.164 e. The summed E-state index contributed by atoms with van der Waals surface area (Å²) in [4.78, 5) is 20.5. The van der Waals surface area contributed by atoms with Crippen molar-refractivity contribution in [2.24, 2.45) is 0 Å². The number of allylic oxidation sites excluding steroid dienone is 5. The van der Waals surface area contributed by atoms with E-state index in [1.165, 1.54) is 25.6 Å². The van der Waals surface area contributed by atoms with Gasteiger partial charge in [0.1, 0.15) is 0 Å². The largest absolute Gasteiger partial charge is 0.247 e. The van der Waals surface area contributed by atoms with Crippen LogP contribution < -0.4 is 10.4 Å². The van der Waals surface area contributed by atoms with Gasteiger partial charge in [0.2, 0.25) is 0 Å². The number of hydrogen-bond acceptors (Lipinski definition) is 5. The zero-order chi connectivity index (χ0) is 37.4. The Morgan fingerprint density at radius 1 is 0.571 bits per heavy atom. The molecule has 56 heavy (non-hydrogen) atoms. The van der Waals surface area contributed by atoms with E-state index < -0.39 is 0 Å². The number of nitrogens with zero attached hydrogens (tertiary/aromatic N) is 4. The molecule has 0 atom stereocenters. The number of benzene rings is 6. The molecule has 9 aromatic rings. The Hall–Kier alpha value is -7.08. The van der Waals surface area contributed by atoms with Crippen molar-refractivity contribution in [3.8, 4) is 45.3 Å². The van der Waals surface area contributed by atoms with E-state index in [1.54, 1.807) is 0 Å². The molecule has 1 aliphatic carbocycles. The van der Waals surface area contributed by atoms with Crippen molar-refractivity contribution in [2.45, 2.75) is 6.42 Å². The lowest BCUT2D eigenvalue weighted by Crippen LogP contribution is -2.29. The van der Waals surface area contributed by atoms with Crippen molar-refractivity contribution < 1.29 is 0 Å². The Bertz CT molecular complexity index is 3120. The molecule has 0 fully saturated rings. The maximum absolute atomic E-state index is 5.54. The number of thiophene rings is 1. The second kappa shape index (κ2) is 14.3. The molecule has 1 aliphatic rings. The van der Waals surface area contributed by atoms with E-state index >= 15 is 0 Å². The predicted octanol–water partition coefficient (Wildman–Crippen LogP) is 11.5. The fraction of sp³-hybridized carbons (Fsp3) is 0.0196. The molecular formula is C51H34N4S. The summed E-state index contributed by atoms with van der Waals surface area (Å²) in [6.07, 6.45) is 11.5. The van der Waals surface area contributed by atoms with E-state index in [1.807, 2.05) is 78.1 Å². The molecule has 3 aromatic heterocycles. The molecule has 0 spiro atoms. The van der Waals surface area contributed by atoms with Gasteiger partial charge in [0.05, 0.1) is 11.2 Å². The Morgan fingerprint density at radius 3 is 1.95 bits per heavy atom. The lowest BCUT2D eigenvalue weighted by atomic mass is 9.94. The van der Waals surface area contributed by atoms with Crippen molar-refractivity contribution in [1.29, 1.82) is 0 Å². The highest BCUT2D eigenvalue weighted by atomic mass is 32.1. The second-order valence-electron chi connectivity index (χ2n) is 13.8. The Kier molecular flexibility index (Phi) is 8.55. The highest BCUT2D eigenvalue weighted by molar-refractivity contribution is 7.26. The SMILES string of the molecule is C=C/C(c1nc2cccc(-c3cccc(-c4nc(-c5ccccc5)nc(-c5ccccc5)n4)c3)c2c2sc3ccccc3c12)=c1/cccc/c1=C1\C=CC=CC1. The van der Waals surface area contributed by atoms with E-state index in [9.17, 15) is 0 Å². The van der Waals surface area contributed by atoms with Crippen LogP contribution in [0.4, 0.5) is 0 Å². The predicted molar refractivity (Wildman–Crippen MR) is 234 cm³/mol. The molecular weight excluding hydrogens is 701 g/mol. The van der Waals surface area contributed by atoms with Crippen molar-refractivity contribution in [2.75, 3.05) is 0 Å². The molecule has 0 saturated heterocycles. The van der Waals surface area contributed by atoms with Gasteiger partial charge in [-0.25, -0.2) is 19.9 Å². The molecule has 264 valence electrons. The van der Waals surface area contributed by atoms with Crippen molar-refractivity contribution in [1.82, 2.24) is 19.9 Å². The van der Waals surface area contributed by atoms with Crippen LogP contribution in [0.25, 0.3) is 87.5 Å². The van der Waals surface area contributed by atoms with Crippen LogP contribution in [0.15, 0.2) is 189 Å². The van der Waals surface area contributed by atoms with Gasteiger partial charge in [-0.15, -0.1) is 11.3 Å². The number of pyridine rings is 1. The fourth-order valence-electron chi connectivity index (χ4n) is 7.75. The van der Waals surface area contributed by atoms with Crippen LogP contribution >= 0.6 is 11.3 Å². The average molecular weight is 735 g/mol. The summed E-state index contributed by atoms with van der Waals surface area (Å²) < 4.78 is 2.43. The van der Waals surface area contributed by atoms with Crippen LogP contribution in [0, 0.1) is 0 Å². The minimum absolute atomic E-state index is 0.622. The summed E-state index contributed by atoms with van der Waals surface area (Å²) >= 11 is 1.82. The van der Waals surface area contributed by atoms with Gasteiger partial charge >= 0.3 is 0 Å². The topological polar surface area (TPSA) is 51.6 Å². The van der Waals surface area contributed by atoms with Crippen LogP contribution in [0.5, 0.6) is 0 Å². The molecule has 0 unspecified atom stereocenters. The van der Waals surface area contributed by atoms with Crippen LogP contribution in [0.1, 0.15) is 12.1 Å². The third kappa shape index (κ3) is 5.95. The third-order valence-electron chi connectivity index (χ3n) is 10.4. The van der Waals surface area contributed by atoms with Gasteiger partial charge in [0.25, 0.3) is 0 Å². The summed E-state index contributed by atoms with van der Waals surface area (Å²) in [5.41, 5.74) is 9.15. The molecule has 0 saturated carbocycles. The van der Waals surface area contributed by atoms with Crippen LogP contribution in [0.2, 0.25) is 0 Å².